The molecule has 10 aromatic rings. The molecular formula is C43H25N3O. The van der Waals surface area contributed by atoms with Crippen molar-refractivity contribution in [3.63, 3.8) is 0 Å². The Morgan fingerprint density at radius 2 is 1.17 bits per heavy atom. The van der Waals surface area contributed by atoms with Gasteiger partial charge >= 0.3 is 0 Å². The van der Waals surface area contributed by atoms with Gasteiger partial charge in [0.15, 0.2) is 5.82 Å². The molecule has 3 aromatic heterocycles. The molecule has 4 nitrogen and oxygen atoms in total. The average molecular weight is 600 g/mol. The quantitative estimate of drug-likeness (QED) is 0.189. The largest absolute Gasteiger partial charge is 0.456 e. The van der Waals surface area contributed by atoms with Crippen molar-refractivity contribution < 1.29 is 4.42 Å². The third-order valence-corrected chi connectivity index (χ3v) is 9.32. The van der Waals surface area contributed by atoms with Crippen LogP contribution in [0.2, 0.25) is 0 Å². The van der Waals surface area contributed by atoms with E-state index in [4.69, 9.17) is 14.4 Å². The number of pyridine rings is 1. The highest BCUT2D eigenvalue weighted by atomic mass is 16.3. The molecule has 0 spiro atoms. The van der Waals surface area contributed by atoms with Crippen molar-refractivity contribution in [1.82, 2.24) is 15.0 Å². The van der Waals surface area contributed by atoms with Crippen molar-refractivity contribution in [2.45, 2.75) is 0 Å². The van der Waals surface area contributed by atoms with Gasteiger partial charge in [-0.15, -0.1) is 0 Å². The van der Waals surface area contributed by atoms with E-state index in [0.29, 0.717) is 5.82 Å². The first-order valence-corrected chi connectivity index (χ1v) is 15.8. The lowest BCUT2D eigenvalue weighted by atomic mass is 9.91. The Morgan fingerprint density at radius 1 is 0.426 bits per heavy atom. The second-order valence-electron chi connectivity index (χ2n) is 12.1. The van der Waals surface area contributed by atoms with Gasteiger partial charge in [0.25, 0.3) is 0 Å². The van der Waals surface area contributed by atoms with Crippen molar-refractivity contribution in [1.29, 1.82) is 0 Å². The minimum absolute atomic E-state index is 0.672. The molecule has 0 bridgehead atoms. The summed E-state index contributed by atoms with van der Waals surface area (Å²) in [4.78, 5) is 14.8. The van der Waals surface area contributed by atoms with Gasteiger partial charge in [0.1, 0.15) is 11.2 Å². The van der Waals surface area contributed by atoms with E-state index in [1.807, 2.05) is 36.5 Å². The SMILES string of the molecule is c1cncc(-c2cccc(-c3nc(-c4ccc5oc6ccccc6c5c4)cc(-c4ccc5ccc6cccc7ccc4c5c67)n3)c2)c1. The number of para-hydroxylation sites is 1. The molecule has 0 radical (unpaired) electrons. The molecule has 0 saturated heterocycles. The number of aromatic nitrogens is 3. The van der Waals surface area contributed by atoms with Crippen molar-refractivity contribution in [2.75, 3.05) is 0 Å². The van der Waals surface area contributed by atoms with Crippen LogP contribution in [0.3, 0.4) is 0 Å². The van der Waals surface area contributed by atoms with Crippen molar-refractivity contribution in [3.05, 3.63) is 152 Å². The van der Waals surface area contributed by atoms with Crippen LogP contribution < -0.4 is 0 Å². The molecule has 0 saturated carbocycles. The Kier molecular flexibility index (Phi) is 5.54. The molecule has 47 heavy (non-hydrogen) atoms. The normalized spacial score (nSPS) is 11.8. The Bertz CT molecular complexity index is 2780. The summed E-state index contributed by atoms with van der Waals surface area (Å²) in [5, 5.41) is 9.62. The minimum atomic E-state index is 0.672. The van der Waals surface area contributed by atoms with Gasteiger partial charge in [0, 0.05) is 45.4 Å². The van der Waals surface area contributed by atoms with E-state index in [2.05, 4.69) is 114 Å². The fraction of sp³-hybridized carbons (Fsp3) is 0. The van der Waals surface area contributed by atoms with Gasteiger partial charge in [-0.05, 0) is 80.3 Å². The second-order valence-corrected chi connectivity index (χ2v) is 12.1. The average Bonchev–Trinajstić information content (AvgIpc) is 3.52. The minimum Gasteiger partial charge on any atom is -0.456 e. The molecule has 218 valence electrons. The summed E-state index contributed by atoms with van der Waals surface area (Å²) >= 11 is 0. The molecule has 0 amide bonds. The molecule has 0 N–H and O–H groups in total. The molecule has 0 fully saturated rings. The lowest BCUT2D eigenvalue weighted by Gasteiger charge is -2.15. The summed E-state index contributed by atoms with van der Waals surface area (Å²) in [6.45, 7) is 0. The van der Waals surface area contributed by atoms with Gasteiger partial charge in [-0.3, -0.25) is 4.98 Å². The lowest BCUT2D eigenvalue weighted by Crippen LogP contribution is -1.97. The standard InChI is InChI=1S/C43H25N3O/c1-2-12-39-34(11-1)36-23-30(17-20-40(36)47-39)37-24-38(46-43(45-37)31-9-4-8-29(22-31)32-10-5-21-44-25-32)33-18-15-28-14-13-26-6-3-7-27-16-19-35(33)42(28)41(26)27/h1-25H. The third-order valence-electron chi connectivity index (χ3n) is 9.32. The number of rotatable bonds is 4. The van der Waals surface area contributed by atoms with Gasteiger partial charge < -0.3 is 4.42 Å². The zero-order valence-corrected chi connectivity index (χ0v) is 25.2. The second kappa shape index (κ2) is 10.1. The zero-order valence-electron chi connectivity index (χ0n) is 25.2. The van der Waals surface area contributed by atoms with Crippen molar-refractivity contribution >= 4 is 54.3 Å². The highest BCUT2D eigenvalue weighted by molar-refractivity contribution is 6.25. The van der Waals surface area contributed by atoms with E-state index < -0.39 is 0 Å². The first-order chi connectivity index (χ1) is 23.3. The van der Waals surface area contributed by atoms with Crippen LogP contribution >= 0.6 is 0 Å². The molecular weight excluding hydrogens is 574 g/mol. The molecule has 7 aromatic carbocycles. The maximum absolute atomic E-state index is 6.15. The Hall–Kier alpha value is -6.39. The van der Waals surface area contributed by atoms with Crippen LogP contribution in [0.15, 0.2) is 156 Å². The van der Waals surface area contributed by atoms with Gasteiger partial charge in [0.2, 0.25) is 0 Å². The number of furan rings is 1. The summed E-state index contributed by atoms with van der Waals surface area (Å²) < 4.78 is 6.15. The van der Waals surface area contributed by atoms with Crippen LogP contribution in [0, 0.1) is 0 Å². The van der Waals surface area contributed by atoms with Crippen LogP contribution in [0.4, 0.5) is 0 Å². The van der Waals surface area contributed by atoms with Gasteiger partial charge in [-0.25, -0.2) is 9.97 Å². The molecule has 0 unspecified atom stereocenters. The maximum atomic E-state index is 6.15. The number of hydrogen-bond acceptors (Lipinski definition) is 4. The van der Waals surface area contributed by atoms with Gasteiger partial charge in [-0.2, -0.15) is 0 Å². The number of hydrogen-bond donors (Lipinski definition) is 0. The molecule has 4 heteroatoms. The predicted octanol–water partition coefficient (Wildman–Crippen LogP) is 11.3. The smallest absolute Gasteiger partial charge is 0.160 e. The molecule has 10 rings (SSSR count). The molecule has 0 aliphatic carbocycles. The predicted molar refractivity (Wildman–Crippen MR) is 193 cm³/mol. The number of benzene rings is 7. The molecule has 0 aliphatic rings. The summed E-state index contributed by atoms with van der Waals surface area (Å²) in [5.74, 6) is 0.672. The summed E-state index contributed by atoms with van der Waals surface area (Å²) in [7, 11) is 0. The highest BCUT2D eigenvalue weighted by Crippen LogP contribution is 2.40. The maximum Gasteiger partial charge on any atom is 0.160 e. The topological polar surface area (TPSA) is 51.8 Å². The van der Waals surface area contributed by atoms with Crippen LogP contribution in [-0.2, 0) is 0 Å². The molecule has 3 heterocycles. The van der Waals surface area contributed by atoms with Crippen molar-refractivity contribution in [2.24, 2.45) is 0 Å². The van der Waals surface area contributed by atoms with E-state index in [-0.39, 0.29) is 0 Å². The molecule has 0 aliphatic heterocycles. The lowest BCUT2D eigenvalue weighted by molar-refractivity contribution is 0.669. The van der Waals surface area contributed by atoms with Crippen LogP contribution in [0.25, 0.3) is 99.3 Å². The zero-order chi connectivity index (χ0) is 30.9. The summed E-state index contributed by atoms with van der Waals surface area (Å²) in [6.07, 6.45) is 3.68. The Morgan fingerprint density at radius 3 is 2.06 bits per heavy atom. The fourth-order valence-corrected chi connectivity index (χ4v) is 7.08. The van der Waals surface area contributed by atoms with Crippen LogP contribution in [-0.4, -0.2) is 15.0 Å². The van der Waals surface area contributed by atoms with Crippen molar-refractivity contribution in [3.8, 4) is 45.0 Å². The van der Waals surface area contributed by atoms with E-state index in [1.165, 1.54) is 32.3 Å². The fourth-order valence-electron chi connectivity index (χ4n) is 7.08. The highest BCUT2D eigenvalue weighted by Gasteiger charge is 2.17. The Balaban J connectivity index is 1.23. The van der Waals surface area contributed by atoms with Gasteiger partial charge in [-0.1, -0.05) is 97.1 Å². The van der Waals surface area contributed by atoms with E-state index >= 15 is 0 Å². The van der Waals surface area contributed by atoms with Crippen LogP contribution in [0.5, 0.6) is 0 Å². The summed E-state index contributed by atoms with van der Waals surface area (Å²) in [5.41, 5.74) is 8.64. The van der Waals surface area contributed by atoms with E-state index in [9.17, 15) is 0 Å². The first kappa shape index (κ1) is 25.9. The van der Waals surface area contributed by atoms with Gasteiger partial charge in [0.05, 0.1) is 11.4 Å². The molecule has 0 atom stereocenters. The first-order valence-electron chi connectivity index (χ1n) is 15.8. The number of nitrogens with zero attached hydrogens (tertiary/aromatic N) is 3. The third kappa shape index (κ3) is 4.12. The van der Waals surface area contributed by atoms with E-state index in [1.54, 1.807) is 6.20 Å². The monoisotopic (exact) mass is 599 g/mol. The number of fused-ring (bicyclic) bond motifs is 3. The summed E-state index contributed by atoms with van der Waals surface area (Å²) in [6, 6.07) is 48.9. The van der Waals surface area contributed by atoms with Crippen LogP contribution in [0.1, 0.15) is 0 Å². The Labute approximate surface area is 270 Å². The van der Waals surface area contributed by atoms with E-state index in [0.717, 1.165) is 61.1 Å².